The van der Waals surface area contributed by atoms with Crippen molar-refractivity contribution in [1.82, 2.24) is 14.2 Å². The van der Waals surface area contributed by atoms with Crippen LogP contribution in [-0.2, 0) is 21.4 Å². The number of pyridine rings is 1. The molecular formula is C16H22N4O4S. The fourth-order valence-electron chi connectivity index (χ4n) is 2.05. The normalized spacial score (nSPS) is 11.9. The molecule has 0 bridgehead atoms. The zero-order valence-corrected chi connectivity index (χ0v) is 15.5. The van der Waals surface area contributed by atoms with Crippen LogP contribution >= 0.6 is 0 Å². The van der Waals surface area contributed by atoms with E-state index in [1.165, 1.54) is 20.2 Å². The van der Waals surface area contributed by atoms with Gasteiger partial charge in [0.2, 0.25) is 11.0 Å². The van der Waals surface area contributed by atoms with Gasteiger partial charge in [-0.15, -0.1) is 0 Å². The molecule has 9 heteroatoms. The lowest BCUT2D eigenvalue weighted by atomic mass is 10.3. The first-order valence-electron chi connectivity index (χ1n) is 7.61. The summed E-state index contributed by atoms with van der Waals surface area (Å²) in [4.78, 5) is 17.9. The lowest BCUT2D eigenvalue weighted by Crippen LogP contribution is -2.30. The number of carbonyl (C=O) groups is 1. The molecular weight excluding hydrogens is 344 g/mol. The summed E-state index contributed by atoms with van der Waals surface area (Å²) < 4.78 is 30.4. The molecule has 0 fully saturated rings. The molecule has 2 aromatic heterocycles. The number of likely N-dealkylation sites (N-methyl/N-ethyl adjacent to an activating group) is 1. The Kier molecular flexibility index (Phi) is 5.93. The predicted molar refractivity (Wildman–Crippen MR) is 93.5 cm³/mol. The minimum Gasteiger partial charge on any atom is -0.447 e. The molecule has 0 unspecified atom stereocenters. The first-order valence-corrected chi connectivity index (χ1v) is 9.05. The Labute approximate surface area is 147 Å². The molecule has 2 aromatic rings. The molecule has 2 rings (SSSR count). The number of amides is 1. The first-order chi connectivity index (χ1) is 11.7. The Morgan fingerprint density at radius 3 is 2.52 bits per heavy atom. The second-order valence-electron chi connectivity index (χ2n) is 5.95. The number of aromatic nitrogens is 1. The van der Waals surface area contributed by atoms with Gasteiger partial charge in [-0.1, -0.05) is 6.07 Å². The monoisotopic (exact) mass is 366 g/mol. The van der Waals surface area contributed by atoms with Crippen LogP contribution in [0.4, 0.5) is 5.82 Å². The van der Waals surface area contributed by atoms with E-state index in [9.17, 15) is 13.2 Å². The van der Waals surface area contributed by atoms with E-state index in [1.54, 1.807) is 30.3 Å². The molecule has 0 aromatic carbocycles. The quantitative estimate of drug-likeness (QED) is 0.794. The van der Waals surface area contributed by atoms with Crippen LogP contribution in [0.3, 0.4) is 0 Å². The highest BCUT2D eigenvalue weighted by Crippen LogP contribution is 2.17. The number of anilines is 1. The van der Waals surface area contributed by atoms with Crippen molar-refractivity contribution in [2.45, 2.75) is 18.6 Å². The van der Waals surface area contributed by atoms with Crippen molar-refractivity contribution in [2.75, 3.05) is 33.0 Å². The Morgan fingerprint density at radius 1 is 1.20 bits per heavy atom. The van der Waals surface area contributed by atoms with Gasteiger partial charge in [0.1, 0.15) is 11.6 Å². The minimum atomic E-state index is -3.60. The fourth-order valence-corrected chi connectivity index (χ4v) is 2.87. The zero-order chi connectivity index (χ0) is 18.6. The summed E-state index contributed by atoms with van der Waals surface area (Å²) >= 11 is 0. The van der Waals surface area contributed by atoms with Crippen molar-refractivity contribution in [3.63, 3.8) is 0 Å². The number of furan rings is 1. The van der Waals surface area contributed by atoms with Crippen LogP contribution in [0.1, 0.15) is 11.3 Å². The number of sulfonamides is 1. The van der Waals surface area contributed by atoms with Gasteiger partial charge in [-0.2, -0.15) is 0 Å². The summed E-state index contributed by atoms with van der Waals surface area (Å²) in [5, 5.41) is 2.59. The van der Waals surface area contributed by atoms with E-state index in [0.29, 0.717) is 18.1 Å². The summed E-state index contributed by atoms with van der Waals surface area (Å²) in [6.45, 7) is 2.34. The lowest BCUT2D eigenvalue weighted by Gasteiger charge is -2.14. The fraction of sp³-hybridized carbons (Fsp3) is 0.375. The summed E-state index contributed by atoms with van der Waals surface area (Å²) in [5.41, 5.74) is 1.01. The van der Waals surface area contributed by atoms with Crippen LogP contribution in [0.5, 0.6) is 0 Å². The predicted octanol–water partition coefficient (Wildman–Crippen LogP) is 1.30. The van der Waals surface area contributed by atoms with E-state index in [4.69, 9.17) is 4.42 Å². The average molecular weight is 366 g/mol. The number of nitrogens with one attached hydrogen (secondary N) is 1. The van der Waals surface area contributed by atoms with Crippen LogP contribution < -0.4 is 5.32 Å². The van der Waals surface area contributed by atoms with Crippen molar-refractivity contribution in [2.24, 2.45) is 0 Å². The highest BCUT2D eigenvalue weighted by Gasteiger charge is 2.22. The van der Waals surface area contributed by atoms with Gasteiger partial charge in [-0.05, 0) is 37.7 Å². The molecule has 0 radical (unpaired) electrons. The third-order valence-electron chi connectivity index (χ3n) is 3.39. The van der Waals surface area contributed by atoms with Crippen LogP contribution in [0.25, 0.3) is 0 Å². The minimum absolute atomic E-state index is 0.116. The van der Waals surface area contributed by atoms with Gasteiger partial charge in [0.15, 0.2) is 0 Å². The van der Waals surface area contributed by atoms with Crippen molar-refractivity contribution in [1.29, 1.82) is 0 Å². The maximum atomic E-state index is 12.0. The molecule has 0 saturated heterocycles. The molecule has 0 aliphatic rings. The second kappa shape index (κ2) is 7.77. The molecule has 1 N–H and O–H groups in total. The van der Waals surface area contributed by atoms with E-state index < -0.39 is 10.0 Å². The van der Waals surface area contributed by atoms with Crippen molar-refractivity contribution in [3.8, 4) is 0 Å². The van der Waals surface area contributed by atoms with E-state index in [0.717, 1.165) is 9.87 Å². The average Bonchev–Trinajstić information content (AvgIpc) is 2.98. The Bertz CT molecular complexity index is 828. The van der Waals surface area contributed by atoms with Crippen molar-refractivity contribution >= 4 is 21.7 Å². The standard InChI is InChI=1S/C16H22N4O4S/c1-12-5-7-14(17-9-12)18-15(21)11-20(4)10-13-6-8-16(24-13)25(22,23)19(2)3/h5-9H,10-11H2,1-4H3,(H,17,18,21). The maximum Gasteiger partial charge on any atom is 0.275 e. The molecule has 0 aliphatic heterocycles. The van der Waals surface area contributed by atoms with E-state index in [-0.39, 0.29) is 17.5 Å². The molecule has 0 saturated carbocycles. The van der Waals surface area contributed by atoms with Gasteiger partial charge in [-0.3, -0.25) is 9.69 Å². The van der Waals surface area contributed by atoms with Gasteiger partial charge in [0.05, 0.1) is 13.1 Å². The summed E-state index contributed by atoms with van der Waals surface area (Å²) in [5.74, 6) is 0.733. The largest absolute Gasteiger partial charge is 0.447 e. The molecule has 8 nitrogen and oxygen atoms in total. The highest BCUT2D eigenvalue weighted by molar-refractivity contribution is 7.88. The number of rotatable bonds is 7. The molecule has 0 aliphatic carbocycles. The van der Waals surface area contributed by atoms with Crippen LogP contribution in [0.15, 0.2) is 40.0 Å². The van der Waals surface area contributed by atoms with Gasteiger partial charge < -0.3 is 9.73 Å². The smallest absolute Gasteiger partial charge is 0.275 e. The summed E-state index contributed by atoms with van der Waals surface area (Å²) in [7, 11) is 1.02. The second-order valence-corrected chi connectivity index (χ2v) is 8.03. The van der Waals surface area contributed by atoms with E-state index in [1.807, 2.05) is 13.0 Å². The number of carbonyl (C=O) groups excluding carboxylic acids is 1. The molecule has 25 heavy (non-hydrogen) atoms. The topological polar surface area (TPSA) is 95.8 Å². The SMILES string of the molecule is Cc1ccc(NC(=O)CN(C)Cc2ccc(S(=O)(=O)N(C)C)o2)nc1. The molecule has 0 spiro atoms. The van der Waals surface area contributed by atoms with Gasteiger partial charge in [-0.25, -0.2) is 17.7 Å². The Hall–Kier alpha value is -2.23. The first kappa shape index (κ1) is 19.1. The molecule has 2 heterocycles. The Morgan fingerprint density at radius 2 is 1.92 bits per heavy atom. The Balaban J connectivity index is 1.92. The molecule has 0 atom stereocenters. The third kappa shape index (κ3) is 5.12. The highest BCUT2D eigenvalue weighted by atomic mass is 32.2. The summed E-state index contributed by atoms with van der Waals surface area (Å²) in [6, 6.07) is 6.60. The van der Waals surface area contributed by atoms with Gasteiger partial charge >= 0.3 is 0 Å². The number of aryl methyl sites for hydroxylation is 1. The number of hydrogen-bond donors (Lipinski definition) is 1. The maximum absolute atomic E-state index is 12.0. The number of hydrogen-bond acceptors (Lipinski definition) is 6. The number of nitrogens with zero attached hydrogens (tertiary/aromatic N) is 3. The zero-order valence-electron chi connectivity index (χ0n) is 14.7. The van der Waals surface area contributed by atoms with Gasteiger partial charge in [0.25, 0.3) is 10.0 Å². The summed E-state index contributed by atoms with van der Waals surface area (Å²) in [6.07, 6.45) is 1.68. The van der Waals surface area contributed by atoms with Crippen molar-refractivity contribution < 1.29 is 17.6 Å². The lowest BCUT2D eigenvalue weighted by molar-refractivity contribution is -0.117. The molecule has 1 amide bonds. The van der Waals surface area contributed by atoms with Crippen LogP contribution in [0.2, 0.25) is 0 Å². The van der Waals surface area contributed by atoms with Gasteiger partial charge in [0, 0.05) is 20.3 Å². The van der Waals surface area contributed by atoms with Crippen LogP contribution in [-0.4, -0.2) is 56.2 Å². The van der Waals surface area contributed by atoms with E-state index >= 15 is 0 Å². The van der Waals surface area contributed by atoms with Crippen molar-refractivity contribution in [3.05, 3.63) is 41.8 Å². The molecule has 136 valence electrons. The third-order valence-corrected chi connectivity index (χ3v) is 5.08. The van der Waals surface area contributed by atoms with E-state index in [2.05, 4.69) is 10.3 Å². The van der Waals surface area contributed by atoms with Crippen LogP contribution in [0, 0.1) is 6.92 Å².